The molecule has 0 heterocycles. The van der Waals surface area contributed by atoms with Crippen LogP contribution < -0.4 is 0 Å². The fourth-order valence-corrected chi connectivity index (χ4v) is 0.993. The first-order valence-electron chi connectivity index (χ1n) is 3.73. The van der Waals surface area contributed by atoms with Gasteiger partial charge in [0.15, 0.2) is 0 Å². The maximum atomic E-state index is 10.4. The monoisotopic (exact) mass is 209 g/mol. The molecule has 0 unspecified atom stereocenters. The maximum absolute atomic E-state index is 10.4. The van der Waals surface area contributed by atoms with E-state index in [9.17, 15) is 15.2 Å². The topological polar surface area (TPSA) is 63.4 Å². The highest BCUT2D eigenvalue weighted by molar-refractivity contribution is 7.80. The summed E-state index contributed by atoms with van der Waals surface area (Å²) in [6.07, 6.45) is 0. The van der Waals surface area contributed by atoms with E-state index in [2.05, 4.69) is 24.5 Å². The number of aromatic hydroxyl groups is 1. The highest BCUT2D eigenvalue weighted by atomic mass is 32.1. The fraction of sp³-hybridized carbons (Fsp3) is 0.111. The average Bonchev–Trinajstić information content (AvgIpc) is 2.16. The van der Waals surface area contributed by atoms with Crippen LogP contribution >= 0.6 is 12.6 Å². The summed E-state index contributed by atoms with van der Waals surface area (Å²) < 4.78 is 0. The Kier molecular flexibility index (Phi) is 3.37. The van der Waals surface area contributed by atoms with Gasteiger partial charge < -0.3 is 5.11 Å². The Morgan fingerprint density at radius 1 is 1.57 bits per heavy atom. The standard InChI is InChI=1S/C9H7NO3S/c11-9-7(4-2-6-14)3-1-5-8(9)10(12)13/h1,3,5,11,14H,6H2. The zero-order chi connectivity index (χ0) is 10.6. The van der Waals surface area contributed by atoms with Gasteiger partial charge in [-0.2, -0.15) is 12.6 Å². The molecule has 0 aliphatic heterocycles. The average molecular weight is 209 g/mol. The summed E-state index contributed by atoms with van der Waals surface area (Å²) in [5.74, 6) is 5.12. The van der Waals surface area contributed by atoms with Crippen molar-refractivity contribution in [2.75, 3.05) is 5.75 Å². The second-order valence-corrected chi connectivity index (χ2v) is 2.71. The summed E-state index contributed by atoms with van der Waals surface area (Å²) in [6.45, 7) is 0. The van der Waals surface area contributed by atoms with Gasteiger partial charge in [-0.15, -0.1) is 0 Å². The first-order chi connectivity index (χ1) is 6.66. The minimum Gasteiger partial charge on any atom is -0.501 e. The number of para-hydroxylation sites is 1. The number of phenolic OH excluding ortho intramolecular Hbond substituents is 1. The first kappa shape index (κ1) is 10.4. The summed E-state index contributed by atoms with van der Waals surface area (Å²) in [5.41, 5.74) is -0.0933. The molecule has 1 aromatic carbocycles. The van der Waals surface area contributed by atoms with E-state index in [1.54, 1.807) is 0 Å². The van der Waals surface area contributed by atoms with Gasteiger partial charge >= 0.3 is 5.69 Å². The molecule has 0 aliphatic carbocycles. The van der Waals surface area contributed by atoms with Crippen LogP contribution in [-0.2, 0) is 0 Å². The van der Waals surface area contributed by atoms with Crippen molar-refractivity contribution in [1.29, 1.82) is 0 Å². The van der Waals surface area contributed by atoms with Crippen molar-refractivity contribution in [2.45, 2.75) is 0 Å². The largest absolute Gasteiger partial charge is 0.501 e. The molecule has 0 aromatic heterocycles. The molecule has 5 heteroatoms. The van der Waals surface area contributed by atoms with Gasteiger partial charge in [0.1, 0.15) is 0 Å². The van der Waals surface area contributed by atoms with Crippen molar-refractivity contribution < 1.29 is 10.0 Å². The lowest BCUT2D eigenvalue weighted by Crippen LogP contribution is -1.89. The lowest BCUT2D eigenvalue weighted by Gasteiger charge is -1.97. The molecule has 0 atom stereocenters. The summed E-state index contributed by atoms with van der Waals surface area (Å²) in [6, 6.07) is 4.21. The van der Waals surface area contributed by atoms with Crippen molar-refractivity contribution in [3.63, 3.8) is 0 Å². The molecule has 1 N–H and O–H groups in total. The van der Waals surface area contributed by atoms with Crippen LogP contribution in [-0.4, -0.2) is 15.8 Å². The smallest absolute Gasteiger partial charge is 0.312 e. The Morgan fingerprint density at radius 2 is 2.29 bits per heavy atom. The Balaban J connectivity index is 3.20. The van der Waals surface area contributed by atoms with Gasteiger partial charge in [-0.05, 0) is 6.07 Å². The maximum Gasteiger partial charge on any atom is 0.312 e. The molecular weight excluding hydrogens is 202 g/mol. The van der Waals surface area contributed by atoms with Gasteiger partial charge in [0.25, 0.3) is 0 Å². The third kappa shape index (κ3) is 2.18. The van der Waals surface area contributed by atoms with Gasteiger partial charge in [0.2, 0.25) is 5.75 Å². The minimum absolute atomic E-state index is 0.244. The molecule has 72 valence electrons. The lowest BCUT2D eigenvalue weighted by atomic mass is 10.2. The second-order valence-electron chi connectivity index (χ2n) is 2.39. The van der Waals surface area contributed by atoms with Crippen LogP contribution in [0.4, 0.5) is 5.69 Å². The van der Waals surface area contributed by atoms with Crippen molar-refractivity contribution in [3.8, 4) is 17.6 Å². The van der Waals surface area contributed by atoms with Crippen LogP contribution in [0.5, 0.6) is 5.75 Å². The summed E-state index contributed by atoms with van der Waals surface area (Å²) in [5, 5.41) is 19.8. The number of thiol groups is 1. The Morgan fingerprint density at radius 3 is 2.86 bits per heavy atom. The van der Waals surface area contributed by atoms with Gasteiger partial charge in [-0.25, -0.2) is 0 Å². The number of phenols is 1. The highest BCUT2D eigenvalue weighted by Crippen LogP contribution is 2.28. The van der Waals surface area contributed by atoms with Gasteiger partial charge in [0.05, 0.1) is 16.2 Å². The van der Waals surface area contributed by atoms with E-state index in [4.69, 9.17) is 0 Å². The van der Waals surface area contributed by atoms with Crippen LogP contribution in [0.2, 0.25) is 0 Å². The Labute approximate surface area is 86.1 Å². The number of benzene rings is 1. The van der Waals surface area contributed by atoms with Crippen LogP contribution in [0, 0.1) is 22.0 Å². The molecule has 0 amide bonds. The molecule has 0 aliphatic rings. The Bertz CT molecular complexity index is 420. The summed E-state index contributed by atoms with van der Waals surface area (Å²) in [4.78, 5) is 9.78. The lowest BCUT2D eigenvalue weighted by molar-refractivity contribution is -0.385. The van der Waals surface area contributed by atoms with Gasteiger partial charge in [-0.1, -0.05) is 17.9 Å². The van der Waals surface area contributed by atoms with Crippen LogP contribution in [0.15, 0.2) is 18.2 Å². The zero-order valence-electron chi connectivity index (χ0n) is 7.10. The number of rotatable bonds is 1. The normalized spacial score (nSPS) is 8.93. The van der Waals surface area contributed by atoms with Gasteiger partial charge in [-0.3, -0.25) is 10.1 Å². The van der Waals surface area contributed by atoms with E-state index in [1.165, 1.54) is 18.2 Å². The molecule has 1 aromatic rings. The van der Waals surface area contributed by atoms with Crippen LogP contribution in [0.1, 0.15) is 5.56 Å². The number of hydrogen-bond donors (Lipinski definition) is 2. The van der Waals surface area contributed by atoms with Gasteiger partial charge in [0, 0.05) is 6.07 Å². The number of nitro benzene ring substituents is 1. The predicted molar refractivity (Wildman–Crippen MR) is 55.5 cm³/mol. The molecule has 0 saturated carbocycles. The van der Waals surface area contributed by atoms with Crippen LogP contribution in [0.25, 0.3) is 0 Å². The highest BCUT2D eigenvalue weighted by Gasteiger charge is 2.14. The third-order valence-electron chi connectivity index (χ3n) is 1.51. The second kappa shape index (κ2) is 4.53. The van der Waals surface area contributed by atoms with E-state index in [1.807, 2.05) is 0 Å². The van der Waals surface area contributed by atoms with E-state index in [0.29, 0.717) is 5.75 Å². The summed E-state index contributed by atoms with van der Waals surface area (Å²) in [7, 11) is 0. The van der Waals surface area contributed by atoms with E-state index in [0.717, 1.165) is 0 Å². The quantitative estimate of drug-likeness (QED) is 0.319. The SMILES string of the molecule is O=[N+]([O-])c1cccc(C#CCS)c1O. The third-order valence-corrected chi connectivity index (χ3v) is 1.67. The fourth-order valence-electron chi connectivity index (χ4n) is 0.914. The molecule has 0 fully saturated rings. The number of hydrogen-bond acceptors (Lipinski definition) is 4. The zero-order valence-corrected chi connectivity index (χ0v) is 7.99. The molecule has 14 heavy (non-hydrogen) atoms. The summed E-state index contributed by atoms with van der Waals surface area (Å²) >= 11 is 3.86. The number of nitro groups is 1. The first-order valence-corrected chi connectivity index (χ1v) is 4.36. The number of nitrogens with zero attached hydrogens (tertiary/aromatic N) is 1. The molecule has 0 radical (unpaired) electrons. The molecule has 0 spiro atoms. The predicted octanol–water partition coefficient (Wildman–Crippen LogP) is 1.58. The molecule has 4 nitrogen and oxygen atoms in total. The van der Waals surface area contributed by atoms with Crippen molar-refractivity contribution >= 4 is 18.3 Å². The van der Waals surface area contributed by atoms with Crippen molar-refractivity contribution in [2.24, 2.45) is 0 Å². The molecule has 1 rings (SSSR count). The molecule has 0 bridgehead atoms. The van der Waals surface area contributed by atoms with E-state index in [-0.39, 0.29) is 11.3 Å². The van der Waals surface area contributed by atoms with Crippen molar-refractivity contribution in [1.82, 2.24) is 0 Å². The van der Waals surface area contributed by atoms with Crippen LogP contribution in [0.3, 0.4) is 0 Å². The van der Waals surface area contributed by atoms with Crippen molar-refractivity contribution in [3.05, 3.63) is 33.9 Å². The molecular formula is C9H7NO3S. The molecule has 0 saturated heterocycles. The Hall–Kier alpha value is -1.67. The van der Waals surface area contributed by atoms with E-state index >= 15 is 0 Å². The van der Waals surface area contributed by atoms with E-state index < -0.39 is 10.7 Å². The minimum atomic E-state index is -0.652.